The van der Waals surface area contributed by atoms with E-state index in [4.69, 9.17) is 4.74 Å². The lowest BCUT2D eigenvalue weighted by atomic mass is 9.97. The third-order valence-electron chi connectivity index (χ3n) is 4.17. The Kier molecular flexibility index (Phi) is 5.39. The first-order valence-corrected chi connectivity index (χ1v) is 8.82. The van der Waals surface area contributed by atoms with E-state index in [2.05, 4.69) is 20.8 Å². The lowest BCUT2D eigenvalue weighted by molar-refractivity contribution is -0.121. The van der Waals surface area contributed by atoms with Gasteiger partial charge in [-0.2, -0.15) is 0 Å². The molecule has 2 atom stereocenters. The zero-order valence-corrected chi connectivity index (χ0v) is 13.7. The highest BCUT2D eigenvalue weighted by Gasteiger charge is 2.29. The molecule has 0 bridgehead atoms. The van der Waals surface area contributed by atoms with Gasteiger partial charge in [-0.15, -0.1) is 10.2 Å². The molecule has 23 heavy (non-hydrogen) atoms. The fourth-order valence-corrected chi connectivity index (χ4v) is 3.38. The van der Waals surface area contributed by atoms with Gasteiger partial charge in [-0.1, -0.05) is 11.3 Å². The van der Waals surface area contributed by atoms with Crippen LogP contribution in [0.2, 0.25) is 0 Å². The molecule has 3 amide bonds. The Morgan fingerprint density at radius 3 is 3.04 bits per heavy atom. The number of hydrogen-bond acceptors (Lipinski definition) is 6. The highest BCUT2D eigenvalue weighted by Crippen LogP contribution is 2.19. The van der Waals surface area contributed by atoms with Crippen LogP contribution in [0, 0.1) is 5.92 Å². The number of rotatable bonds is 4. The smallest absolute Gasteiger partial charge is 0.317 e. The molecule has 126 valence electrons. The molecule has 2 N–H and O–H groups in total. The molecule has 9 heteroatoms. The van der Waals surface area contributed by atoms with E-state index < -0.39 is 0 Å². The van der Waals surface area contributed by atoms with Crippen LogP contribution in [-0.2, 0) is 9.53 Å². The summed E-state index contributed by atoms with van der Waals surface area (Å²) >= 11 is 1.28. The van der Waals surface area contributed by atoms with Crippen LogP contribution >= 0.6 is 11.3 Å². The van der Waals surface area contributed by atoms with Crippen molar-refractivity contribution in [1.82, 2.24) is 20.4 Å². The molecular formula is C14H21N5O3S. The maximum Gasteiger partial charge on any atom is 0.317 e. The lowest BCUT2D eigenvalue weighted by Gasteiger charge is -2.32. The van der Waals surface area contributed by atoms with E-state index in [0.717, 1.165) is 32.3 Å². The number of hydrogen-bond donors (Lipinski definition) is 2. The number of piperidine rings is 1. The van der Waals surface area contributed by atoms with Crippen LogP contribution in [0.3, 0.4) is 0 Å². The minimum atomic E-state index is -0.207. The van der Waals surface area contributed by atoms with Crippen molar-refractivity contribution in [2.45, 2.75) is 31.8 Å². The SMILES string of the molecule is O=C(Nc1nncs1)C1CCCN(C(=O)NCC2CCCO2)C1. The number of anilines is 1. The predicted octanol–water partition coefficient (Wildman–Crippen LogP) is 1.08. The van der Waals surface area contributed by atoms with Crippen molar-refractivity contribution in [1.29, 1.82) is 0 Å². The van der Waals surface area contributed by atoms with Crippen LogP contribution in [0.1, 0.15) is 25.7 Å². The maximum absolute atomic E-state index is 12.3. The average molecular weight is 339 g/mol. The van der Waals surface area contributed by atoms with Crippen molar-refractivity contribution in [2.24, 2.45) is 5.92 Å². The second-order valence-corrected chi connectivity index (χ2v) is 6.67. The van der Waals surface area contributed by atoms with Crippen molar-refractivity contribution in [3.8, 4) is 0 Å². The second kappa shape index (κ2) is 7.69. The van der Waals surface area contributed by atoms with Gasteiger partial charge in [-0.25, -0.2) is 4.79 Å². The maximum atomic E-state index is 12.3. The van der Waals surface area contributed by atoms with Crippen LogP contribution in [-0.4, -0.2) is 59.4 Å². The Bertz CT molecular complexity index is 533. The van der Waals surface area contributed by atoms with E-state index in [9.17, 15) is 9.59 Å². The van der Waals surface area contributed by atoms with Gasteiger partial charge in [0.05, 0.1) is 12.0 Å². The molecule has 0 aliphatic carbocycles. The zero-order chi connectivity index (χ0) is 16.1. The summed E-state index contributed by atoms with van der Waals surface area (Å²) in [6, 6.07) is -0.117. The molecule has 2 aliphatic heterocycles. The van der Waals surface area contributed by atoms with E-state index in [1.54, 1.807) is 10.4 Å². The first-order chi connectivity index (χ1) is 11.2. The fraction of sp³-hybridized carbons (Fsp3) is 0.714. The van der Waals surface area contributed by atoms with Gasteiger partial charge in [0.15, 0.2) is 0 Å². The summed E-state index contributed by atoms with van der Waals surface area (Å²) in [7, 11) is 0. The Morgan fingerprint density at radius 1 is 1.39 bits per heavy atom. The van der Waals surface area contributed by atoms with Gasteiger partial charge in [0, 0.05) is 26.2 Å². The minimum Gasteiger partial charge on any atom is -0.376 e. The number of likely N-dealkylation sites (tertiary alicyclic amines) is 1. The molecule has 1 aromatic rings. The number of carbonyl (C=O) groups excluding carboxylic acids is 2. The van der Waals surface area contributed by atoms with Gasteiger partial charge in [0.2, 0.25) is 11.0 Å². The number of carbonyl (C=O) groups is 2. The number of amides is 3. The van der Waals surface area contributed by atoms with E-state index in [1.807, 2.05) is 0 Å². The number of nitrogens with one attached hydrogen (secondary N) is 2. The van der Waals surface area contributed by atoms with E-state index in [0.29, 0.717) is 24.8 Å². The molecule has 0 radical (unpaired) electrons. The summed E-state index contributed by atoms with van der Waals surface area (Å²) in [4.78, 5) is 26.2. The third kappa shape index (κ3) is 4.38. The number of urea groups is 1. The van der Waals surface area contributed by atoms with Crippen molar-refractivity contribution in [3.63, 3.8) is 0 Å². The molecule has 3 heterocycles. The fourth-order valence-electron chi connectivity index (χ4n) is 2.93. The third-order valence-corrected chi connectivity index (χ3v) is 4.78. The van der Waals surface area contributed by atoms with Gasteiger partial charge in [0.1, 0.15) is 5.51 Å². The highest BCUT2D eigenvalue weighted by atomic mass is 32.1. The number of nitrogens with zero attached hydrogens (tertiary/aromatic N) is 3. The van der Waals surface area contributed by atoms with E-state index in [-0.39, 0.29) is 24.0 Å². The Labute approximate surface area is 138 Å². The molecule has 2 aliphatic rings. The monoisotopic (exact) mass is 339 g/mol. The second-order valence-electron chi connectivity index (χ2n) is 5.84. The molecule has 3 rings (SSSR count). The minimum absolute atomic E-state index is 0.0987. The molecule has 2 fully saturated rings. The van der Waals surface area contributed by atoms with Gasteiger partial charge in [-0.05, 0) is 25.7 Å². The Hall–Kier alpha value is -1.74. The molecular weight excluding hydrogens is 318 g/mol. The largest absolute Gasteiger partial charge is 0.376 e. The molecule has 2 unspecified atom stereocenters. The molecule has 0 aromatic carbocycles. The topological polar surface area (TPSA) is 96.5 Å². The van der Waals surface area contributed by atoms with E-state index >= 15 is 0 Å². The van der Waals surface area contributed by atoms with Crippen molar-refractivity contribution in [3.05, 3.63) is 5.51 Å². The Balaban J connectivity index is 1.46. The molecule has 1 aromatic heterocycles. The summed E-state index contributed by atoms with van der Waals surface area (Å²) in [5.74, 6) is -0.306. The van der Waals surface area contributed by atoms with Crippen molar-refractivity contribution < 1.29 is 14.3 Å². The quantitative estimate of drug-likeness (QED) is 0.855. The first kappa shape index (κ1) is 16.1. The van der Waals surface area contributed by atoms with Gasteiger partial charge >= 0.3 is 6.03 Å². The van der Waals surface area contributed by atoms with Crippen LogP contribution in [0.15, 0.2) is 5.51 Å². The molecule has 8 nitrogen and oxygen atoms in total. The number of ether oxygens (including phenoxy) is 1. The van der Waals surface area contributed by atoms with Crippen LogP contribution in [0.25, 0.3) is 0 Å². The molecule has 0 saturated carbocycles. The molecule has 0 spiro atoms. The summed E-state index contributed by atoms with van der Waals surface area (Å²) in [6.45, 7) is 2.43. The summed E-state index contributed by atoms with van der Waals surface area (Å²) in [5.41, 5.74) is 1.57. The van der Waals surface area contributed by atoms with Gasteiger partial charge < -0.3 is 20.3 Å². The average Bonchev–Trinajstić information content (AvgIpc) is 3.26. The van der Waals surface area contributed by atoms with Gasteiger partial charge in [-0.3, -0.25) is 4.79 Å². The van der Waals surface area contributed by atoms with Crippen LogP contribution in [0.5, 0.6) is 0 Å². The van der Waals surface area contributed by atoms with Crippen LogP contribution in [0.4, 0.5) is 9.93 Å². The normalized spacial score (nSPS) is 24.4. The van der Waals surface area contributed by atoms with Crippen molar-refractivity contribution in [2.75, 3.05) is 31.6 Å². The number of aromatic nitrogens is 2. The van der Waals surface area contributed by atoms with Crippen molar-refractivity contribution >= 4 is 28.4 Å². The molecule has 2 saturated heterocycles. The summed E-state index contributed by atoms with van der Waals surface area (Å²) < 4.78 is 5.50. The highest BCUT2D eigenvalue weighted by molar-refractivity contribution is 7.13. The zero-order valence-electron chi connectivity index (χ0n) is 12.9. The Morgan fingerprint density at radius 2 is 2.30 bits per heavy atom. The standard InChI is InChI=1S/C14H21N5O3S/c20-12(17-13-18-16-9-23-13)10-3-1-5-19(8-10)14(21)15-7-11-4-2-6-22-11/h9-11H,1-8H2,(H,15,21)(H,17,18,20). The predicted molar refractivity (Wildman–Crippen MR) is 85.2 cm³/mol. The van der Waals surface area contributed by atoms with Gasteiger partial charge in [0.25, 0.3) is 0 Å². The van der Waals surface area contributed by atoms with Crippen LogP contribution < -0.4 is 10.6 Å². The lowest BCUT2D eigenvalue weighted by Crippen LogP contribution is -2.49. The first-order valence-electron chi connectivity index (χ1n) is 7.94. The summed E-state index contributed by atoms with van der Waals surface area (Å²) in [5, 5.41) is 13.7. The van der Waals surface area contributed by atoms with E-state index in [1.165, 1.54) is 11.3 Å². The summed E-state index contributed by atoms with van der Waals surface area (Å²) in [6.07, 6.45) is 3.77.